The number of piperidine rings is 1. The Morgan fingerprint density at radius 2 is 1.91 bits per heavy atom. The quantitative estimate of drug-likeness (QED) is 0.642. The molecule has 0 bridgehead atoms. The lowest BCUT2D eigenvalue weighted by Crippen LogP contribution is -2.43. The maximum atomic E-state index is 12.1. The fourth-order valence-corrected chi connectivity index (χ4v) is 3.36. The number of hydrogen-bond acceptors (Lipinski definition) is 5. The van der Waals surface area contributed by atoms with Gasteiger partial charge in [-0.1, -0.05) is 0 Å². The normalized spacial score (nSPS) is 22.9. The van der Waals surface area contributed by atoms with Crippen molar-refractivity contribution in [3.05, 3.63) is 0 Å². The van der Waals surface area contributed by atoms with Crippen LogP contribution in [0.25, 0.3) is 0 Å². The van der Waals surface area contributed by atoms with Crippen LogP contribution >= 0.6 is 0 Å². The van der Waals surface area contributed by atoms with Crippen LogP contribution in [0, 0.1) is 5.92 Å². The van der Waals surface area contributed by atoms with Crippen LogP contribution in [0.1, 0.15) is 26.7 Å². The van der Waals surface area contributed by atoms with Gasteiger partial charge >= 0.3 is 6.03 Å². The maximum absolute atomic E-state index is 12.1. The van der Waals surface area contributed by atoms with Crippen LogP contribution in [-0.2, 0) is 4.79 Å². The minimum atomic E-state index is -0.783. The van der Waals surface area contributed by atoms with Crippen molar-refractivity contribution in [1.29, 1.82) is 0 Å². The van der Waals surface area contributed by atoms with Gasteiger partial charge in [0.05, 0.1) is 6.61 Å². The van der Waals surface area contributed by atoms with Crippen LogP contribution < -0.4 is 5.32 Å². The molecule has 2 rings (SSSR count). The molecule has 0 spiro atoms. The number of aliphatic hydroxyl groups excluding tert-OH is 1. The van der Waals surface area contributed by atoms with E-state index < -0.39 is 5.54 Å². The van der Waals surface area contributed by atoms with Crippen LogP contribution in [0.4, 0.5) is 4.79 Å². The Bertz CT molecular complexity index is 433. The molecule has 2 fully saturated rings. The van der Waals surface area contributed by atoms with Crippen LogP contribution in [0.5, 0.6) is 0 Å². The number of carbonyl (C=O) groups is 2. The van der Waals surface area contributed by atoms with Gasteiger partial charge in [0, 0.05) is 26.2 Å². The molecular formula is C16H30N4O3. The zero-order valence-corrected chi connectivity index (χ0v) is 14.5. The van der Waals surface area contributed by atoms with Crippen molar-refractivity contribution in [1.82, 2.24) is 20.0 Å². The van der Waals surface area contributed by atoms with Crippen LogP contribution in [0.2, 0.25) is 0 Å². The Hall–Kier alpha value is -1.18. The van der Waals surface area contributed by atoms with Gasteiger partial charge in [-0.05, 0) is 52.7 Å². The molecule has 0 atom stereocenters. The first-order valence-corrected chi connectivity index (χ1v) is 8.49. The summed E-state index contributed by atoms with van der Waals surface area (Å²) in [6.45, 7) is 8.67. The monoisotopic (exact) mass is 326 g/mol. The number of rotatable bonds is 7. The first-order chi connectivity index (χ1) is 10.8. The van der Waals surface area contributed by atoms with E-state index in [-0.39, 0.29) is 18.5 Å². The van der Waals surface area contributed by atoms with Crippen molar-refractivity contribution < 1.29 is 14.7 Å². The number of aliphatic hydroxyl groups is 1. The molecule has 0 unspecified atom stereocenters. The van der Waals surface area contributed by atoms with Crippen molar-refractivity contribution in [3.63, 3.8) is 0 Å². The lowest BCUT2D eigenvalue weighted by atomic mass is 9.96. The zero-order chi connectivity index (χ0) is 17.0. The number of nitrogens with zero attached hydrogens (tertiary/aromatic N) is 3. The summed E-state index contributed by atoms with van der Waals surface area (Å²) in [5.41, 5.74) is -0.783. The fraction of sp³-hybridized carbons (Fsp3) is 0.875. The highest BCUT2D eigenvalue weighted by Crippen LogP contribution is 2.19. The second kappa shape index (κ2) is 7.59. The number of likely N-dealkylation sites (tertiary alicyclic amines) is 1. The predicted molar refractivity (Wildman–Crippen MR) is 88.1 cm³/mol. The third-order valence-electron chi connectivity index (χ3n) is 4.84. The van der Waals surface area contributed by atoms with E-state index in [1.807, 2.05) is 7.05 Å². The summed E-state index contributed by atoms with van der Waals surface area (Å²) in [5.74, 6) is 0.503. The average molecular weight is 326 g/mol. The lowest BCUT2D eigenvalue weighted by molar-refractivity contribution is -0.130. The molecule has 2 heterocycles. The van der Waals surface area contributed by atoms with Crippen molar-refractivity contribution >= 4 is 11.9 Å². The number of amides is 3. The molecule has 7 nitrogen and oxygen atoms in total. The molecule has 0 radical (unpaired) electrons. The molecule has 3 amide bonds. The van der Waals surface area contributed by atoms with Gasteiger partial charge in [0.25, 0.3) is 5.91 Å². The average Bonchev–Trinajstić information content (AvgIpc) is 2.68. The SMILES string of the molecule is CN(CCN1C(=O)NC(C)(C)C1=O)CC1CCN(CCO)CC1. The number of hydrogen-bond donors (Lipinski definition) is 2. The highest BCUT2D eigenvalue weighted by atomic mass is 16.3. The number of urea groups is 1. The zero-order valence-electron chi connectivity index (χ0n) is 14.5. The number of likely N-dealkylation sites (N-methyl/N-ethyl adjacent to an activating group) is 1. The summed E-state index contributed by atoms with van der Waals surface area (Å²) in [6.07, 6.45) is 2.28. The fourth-order valence-electron chi connectivity index (χ4n) is 3.36. The van der Waals surface area contributed by atoms with E-state index in [2.05, 4.69) is 15.1 Å². The second-order valence-corrected chi connectivity index (χ2v) is 7.28. The lowest BCUT2D eigenvalue weighted by Gasteiger charge is -2.33. The van der Waals surface area contributed by atoms with E-state index in [1.165, 1.54) is 4.90 Å². The van der Waals surface area contributed by atoms with E-state index in [9.17, 15) is 9.59 Å². The molecule has 0 aromatic heterocycles. The van der Waals surface area contributed by atoms with Crippen molar-refractivity contribution in [2.24, 2.45) is 5.92 Å². The molecule has 2 aliphatic rings. The van der Waals surface area contributed by atoms with Gasteiger partial charge in [0.15, 0.2) is 0 Å². The van der Waals surface area contributed by atoms with E-state index in [1.54, 1.807) is 13.8 Å². The van der Waals surface area contributed by atoms with E-state index in [4.69, 9.17) is 5.11 Å². The second-order valence-electron chi connectivity index (χ2n) is 7.28. The van der Waals surface area contributed by atoms with E-state index in [0.717, 1.165) is 39.0 Å². The molecule has 2 saturated heterocycles. The molecule has 23 heavy (non-hydrogen) atoms. The summed E-state index contributed by atoms with van der Waals surface area (Å²) in [4.78, 5) is 29.8. The summed E-state index contributed by atoms with van der Waals surface area (Å²) in [5, 5.41) is 11.7. The van der Waals surface area contributed by atoms with E-state index >= 15 is 0 Å². The first-order valence-electron chi connectivity index (χ1n) is 8.49. The molecule has 7 heteroatoms. The van der Waals surface area contributed by atoms with Gasteiger partial charge in [0.2, 0.25) is 0 Å². The van der Waals surface area contributed by atoms with Gasteiger partial charge in [-0.2, -0.15) is 0 Å². The Morgan fingerprint density at radius 3 is 2.43 bits per heavy atom. The van der Waals surface area contributed by atoms with Crippen LogP contribution in [0.15, 0.2) is 0 Å². The first kappa shape index (κ1) is 18.2. The van der Waals surface area contributed by atoms with Crippen molar-refractivity contribution in [2.45, 2.75) is 32.2 Å². The highest BCUT2D eigenvalue weighted by Gasteiger charge is 2.43. The largest absolute Gasteiger partial charge is 0.395 e. The molecule has 132 valence electrons. The van der Waals surface area contributed by atoms with Crippen LogP contribution in [0.3, 0.4) is 0 Å². The van der Waals surface area contributed by atoms with Crippen molar-refractivity contribution in [3.8, 4) is 0 Å². The standard InChI is InChI=1S/C16H30N4O3/c1-16(2)14(22)20(15(23)17-16)9-8-18(3)12-13-4-6-19(7-5-13)10-11-21/h13,21H,4-12H2,1-3H3,(H,17,23). The molecule has 0 aliphatic carbocycles. The number of nitrogens with one attached hydrogen (secondary N) is 1. The van der Waals surface area contributed by atoms with Gasteiger partial charge in [-0.3, -0.25) is 9.69 Å². The summed E-state index contributed by atoms with van der Waals surface area (Å²) in [7, 11) is 2.05. The van der Waals surface area contributed by atoms with Crippen LogP contribution in [-0.4, -0.2) is 90.2 Å². The van der Waals surface area contributed by atoms with Crippen molar-refractivity contribution in [2.75, 3.05) is 52.9 Å². The number of imide groups is 1. The predicted octanol–water partition coefficient (Wildman–Crippen LogP) is -0.0471. The van der Waals surface area contributed by atoms with Gasteiger partial charge in [0.1, 0.15) is 5.54 Å². The van der Waals surface area contributed by atoms with Gasteiger partial charge < -0.3 is 20.2 Å². The Morgan fingerprint density at radius 1 is 1.26 bits per heavy atom. The molecule has 2 aliphatic heterocycles. The Kier molecular flexibility index (Phi) is 6.00. The number of carbonyl (C=O) groups excluding carboxylic acids is 2. The summed E-state index contributed by atoms with van der Waals surface area (Å²) in [6, 6.07) is -0.286. The molecule has 0 saturated carbocycles. The summed E-state index contributed by atoms with van der Waals surface area (Å²) < 4.78 is 0. The van der Waals surface area contributed by atoms with Gasteiger partial charge in [-0.25, -0.2) is 4.79 Å². The minimum absolute atomic E-state index is 0.145. The highest BCUT2D eigenvalue weighted by molar-refractivity contribution is 6.06. The summed E-state index contributed by atoms with van der Waals surface area (Å²) >= 11 is 0. The Balaban J connectivity index is 1.71. The van der Waals surface area contributed by atoms with E-state index in [0.29, 0.717) is 19.0 Å². The minimum Gasteiger partial charge on any atom is -0.395 e. The molecular weight excluding hydrogens is 296 g/mol. The topological polar surface area (TPSA) is 76.1 Å². The maximum Gasteiger partial charge on any atom is 0.325 e. The number of β-amino-alcohol motifs (C(OH)–C–C–N with tert-alkyl or cyclic N) is 1. The molecule has 0 aromatic rings. The molecule has 2 N–H and O–H groups in total. The van der Waals surface area contributed by atoms with Gasteiger partial charge in [-0.15, -0.1) is 0 Å². The Labute approximate surface area is 138 Å². The smallest absolute Gasteiger partial charge is 0.325 e. The third-order valence-corrected chi connectivity index (χ3v) is 4.84. The molecule has 0 aromatic carbocycles. The third kappa shape index (κ3) is 4.65.